The second kappa shape index (κ2) is 9.36. The molecule has 1 N–H and O–H groups in total. The Morgan fingerprint density at radius 3 is 2.47 bits per heavy atom. The molecule has 2 aliphatic rings. The molecule has 2 heterocycles. The Labute approximate surface area is 198 Å². The maximum Gasteiger partial charge on any atom is 0.410 e. The predicted molar refractivity (Wildman–Crippen MR) is 123 cm³/mol. The first-order valence-corrected chi connectivity index (χ1v) is 13.1. The SMILES string of the molecule is Cc1c(Nc2ccc(S(C)(=O)=O)cc2F)ncnc1OC1C2CCC1CN(C(=O)OC(C)C)C2. The Balaban J connectivity index is 1.48. The van der Waals surface area contributed by atoms with Gasteiger partial charge in [-0.15, -0.1) is 0 Å². The highest BCUT2D eigenvalue weighted by Crippen LogP contribution is 2.40. The second-order valence-corrected chi connectivity index (χ2v) is 11.2. The number of rotatable bonds is 6. The minimum atomic E-state index is -3.51. The van der Waals surface area contributed by atoms with Crippen LogP contribution in [0.1, 0.15) is 32.3 Å². The van der Waals surface area contributed by atoms with Gasteiger partial charge in [0.15, 0.2) is 9.84 Å². The zero-order valence-corrected chi connectivity index (χ0v) is 20.4. The Hall–Kier alpha value is -2.95. The molecule has 2 atom stereocenters. The van der Waals surface area contributed by atoms with Gasteiger partial charge in [-0.05, 0) is 51.8 Å². The first-order chi connectivity index (χ1) is 16.0. The molecule has 2 bridgehead atoms. The average Bonchev–Trinajstić information content (AvgIpc) is 2.97. The second-order valence-electron chi connectivity index (χ2n) is 9.21. The summed E-state index contributed by atoms with van der Waals surface area (Å²) in [5.74, 6) is 0.393. The number of likely N-dealkylation sites (tertiary alicyclic amines) is 1. The molecule has 1 saturated carbocycles. The number of nitrogens with one attached hydrogen (secondary N) is 1. The van der Waals surface area contributed by atoms with Crippen molar-refractivity contribution in [3.05, 3.63) is 35.9 Å². The monoisotopic (exact) mass is 492 g/mol. The molecule has 1 aliphatic heterocycles. The fourth-order valence-corrected chi connectivity index (χ4v) is 5.19. The van der Waals surface area contributed by atoms with Crippen molar-refractivity contribution in [3.63, 3.8) is 0 Å². The molecule has 2 unspecified atom stereocenters. The zero-order chi connectivity index (χ0) is 24.6. The molecule has 1 amide bonds. The summed E-state index contributed by atoms with van der Waals surface area (Å²) in [7, 11) is -3.51. The first kappa shape index (κ1) is 24.2. The first-order valence-electron chi connectivity index (χ1n) is 11.2. The van der Waals surface area contributed by atoms with Crippen molar-refractivity contribution in [2.24, 2.45) is 11.8 Å². The molecular formula is C23H29FN4O5S. The fourth-order valence-electron chi connectivity index (χ4n) is 4.55. The van der Waals surface area contributed by atoms with Gasteiger partial charge >= 0.3 is 6.09 Å². The number of hydrogen-bond donors (Lipinski definition) is 1. The predicted octanol–water partition coefficient (Wildman–Crippen LogP) is 3.71. The Kier molecular flexibility index (Phi) is 6.66. The van der Waals surface area contributed by atoms with Crippen LogP contribution in [0.25, 0.3) is 0 Å². The lowest BCUT2D eigenvalue weighted by Gasteiger charge is -2.37. The molecule has 1 aliphatic carbocycles. The molecule has 184 valence electrons. The van der Waals surface area contributed by atoms with Crippen LogP contribution in [0.4, 0.5) is 20.7 Å². The molecule has 2 aromatic rings. The summed E-state index contributed by atoms with van der Waals surface area (Å²) in [5, 5.41) is 2.90. The van der Waals surface area contributed by atoms with Crippen molar-refractivity contribution in [2.75, 3.05) is 24.7 Å². The molecule has 0 spiro atoms. The van der Waals surface area contributed by atoms with Gasteiger partial charge in [-0.1, -0.05) is 0 Å². The van der Waals surface area contributed by atoms with Crippen LogP contribution >= 0.6 is 0 Å². The van der Waals surface area contributed by atoms with Crippen molar-refractivity contribution < 1.29 is 27.1 Å². The van der Waals surface area contributed by atoms with Gasteiger partial charge in [-0.25, -0.2) is 27.6 Å². The highest BCUT2D eigenvalue weighted by Gasteiger charge is 2.45. The number of piperidine rings is 1. The number of benzene rings is 1. The Bertz CT molecular complexity index is 1180. The third-order valence-electron chi connectivity index (χ3n) is 6.25. The minimum absolute atomic E-state index is 0.0877. The van der Waals surface area contributed by atoms with Crippen molar-refractivity contribution in [3.8, 4) is 5.88 Å². The van der Waals surface area contributed by atoms with Gasteiger partial charge in [0.05, 0.1) is 22.3 Å². The lowest BCUT2D eigenvalue weighted by molar-refractivity contribution is 0.0152. The number of carbonyl (C=O) groups is 1. The van der Waals surface area contributed by atoms with Crippen molar-refractivity contribution >= 4 is 27.4 Å². The fraction of sp³-hybridized carbons (Fsp3) is 0.522. The number of aromatic nitrogens is 2. The lowest BCUT2D eigenvalue weighted by atomic mass is 9.95. The number of sulfone groups is 1. The van der Waals surface area contributed by atoms with Gasteiger partial charge in [0, 0.05) is 31.2 Å². The van der Waals surface area contributed by atoms with Crippen molar-refractivity contribution in [1.82, 2.24) is 14.9 Å². The summed E-state index contributed by atoms with van der Waals surface area (Å²) >= 11 is 0. The van der Waals surface area contributed by atoms with Gasteiger partial charge in [-0.2, -0.15) is 0 Å². The molecule has 9 nitrogen and oxygen atoms in total. The maximum atomic E-state index is 14.5. The normalized spacial score (nSPS) is 22.1. The number of anilines is 2. The van der Waals surface area contributed by atoms with E-state index in [0.717, 1.165) is 25.2 Å². The van der Waals surface area contributed by atoms with Crippen LogP contribution in [0.15, 0.2) is 29.4 Å². The largest absolute Gasteiger partial charge is 0.473 e. The van der Waals surface area contributed by atoms with E-state index in [-0.39, 0.29) is 40.7 Å². The summed E-state index contributed by atoms with van der Waals surface area (Å²) < 4.78 is 49.5. The molecule has 1 aromatic heterocycles. The number of carbonyl (C=O) groups excluding carboxylic acids is 1. The Morgan fingerprint density at radius 1 is 1.21 bits per heavy atom. The number of nitrogens with zero attached hydrogens (tertiary/aromatic N) is 3. The van der Waals surface area contributed by atoms with Gasteiger partial charge < -0.3 is 19.7 Å². The molecule has 34 heavy (non-hydrogen) atoms. The molecule has 1 saturated heterocycles. The van der Waals surface area contributed by atoms with Gasteiger partial charge in [-0.3, -0.25) is 0 Å². The number of amides is 1. The van der Waals surface area contributed by atoms with E-state index >= 15 is 0 Å². The van der Waals surface area contributed by atoms with E-state index in [1.54, 1.807) is 11.8 Å². The smallest absolute Gasteiger partial charge is 0.410 e. The van der Waals surface area contributed by atoms with E-state index in [1.807, 2.05) is 13.8 Å². The van der Waals surface area contributed by atoms with Gasteiger partial charge in [0.25, 0.3) is 0 Å². The van der Waals surface area contributed by atoms with Gasteiger partial charge in [0.2, 0.25) is 5.88 Å². The third-order valence-corrected chi connectivity index (χ3v) is 7.36. The van der Waals surface area contributed by atoms with Gasteiger partial charge in [0.1, 0.15) is 24.1 Å². The highest BCUT2D eigenvalue weighted by atomic mass is 32.2. The molecular weight excluding hydrogens is 463 g/mol. The minimum Gasteiger partial charge on any atom is -0.473 e. The van der Waals surface area contributed by atoms with E-state index < -0.39 is 15.7 Å². The maximum absolute atomic E-state index is 14.5. The van der Waals surface area contributed by atoms with E-state index in [2.05, 4.69) is 15.3 Å². The van der Waals surface area contributed by atoms with Crippen LogP contribution in [-0.2, 0) is 14.6 Å². The topological polar surface area (TPSA) is 111 Å². The highest BCUT2D eigenvalue weighted by molar-refractivity contribution is 7.90. The third kappa shape index (κ3) is 5.08. The number of fused-ring (bicyclic) bond motifs is 2. The van der Waals surface area contributed by atoms with E-state index in [0.29, 0.717) is 30.4 Å². The van der Waals surface area contributed by atoms with Crippen molar-refractivity contribution in [1.29, 1.82) is 0 Å². The quantitative estimate of drug-likeness (QED) is 0.650. The number of hydrogen-bond acceptors (Lipinski definition) is 8. The summed E-state index contributed by atoms with van der Waals surface area (Å²) in [6.07, 6.45) is 3.72. The summed E-state index contributed by atoms with van der Waals surface area (Å²) in [4.78, 5) is 22.5. The van der Waals surface area contributed by atoms with Crippen LogP contribution in [0.2, 0.25) is 0 Å². The van der Waals surface area contributed by atoms with Crippen LogP contribution in [0.3, 0.4) is 0 Å². The zero-order valence-electron chi connectivity index (χ0n) is 19.6. The summed E-state index contributed by atoms with van der Waals surface area (Å²) in [6, 6.07) is 3.67. The Morgan fingerprint density at radius 2 is 1.88 bits per heavy atom. The van der Waals surface area contributed by atoms with E-state index in [1.165, 1.54) is 18.5 Å². The van der Waals surface area contributed by atoms with E-state index in [9.17, 15) is 17.6 Å². The molecule has 1 aromatic carbocycles. The van der Waals surface area contributed by atoms with Crippen LogP contribution in [0, 0.1) is 24.6 Å². The molecule has 4 rings (SSSR count). The van der Waals surface area contributed by atoms with Crippen molar-refractivity contribution in [2.45, 2.75) is 50.7 Å². The van der Waals surface area contributed by atoms with Crippen LogP contribution in [-0.4, -0.2) is 60.9 Å². The average molecular weight is 493 g/mol. The molecule has 0 radical (unpaired) electrons. The summed E-state index contributed by atoms with van der Waals surface area (Å²) in [6.45, 7) is 6.58. The standard InChI is InChI=1S/C23H29FN4O5S/c1-13(2)32-23(29)28-10-15-5-6-16(11-28)20(15)33-22-14(3)21(25-12-26-22)27-19-8-7-17(9-18(19)24)34(4,30)31/h7-9,12-13,15-16,20H,5-6,10-11H2,1-4H3,(H,25,26,27). The molecule has 2 fully saturated rings. The number of ether oxygens (including phenoxy) is 2. The summed E-state index contributed by atoms with van der Waals surface area (Å²) in [5.41, 5.74) is 0.701. The van der Waals surface area contributed by atoms with Crippen LogP contribution < -0.4 is 10.1 Å². The number of halogens is 1. The lowest BCUT2D eigenvalue weighted by Crippen LogP contribution is -2.50. The van der Waals surface area contributed by atoms with Crippen LogP contribution in [0.5, 0.6) is 5.88 Å². The molecule has 11 heteroatoms. The van der Waals surface area contributed by atoms with E-state index in [4.69, 9.17) is 9.47 Å².